The average Bonchev–Trinajstić information content (AvgIpc) is 2.46. The molecule has 0 radical (unpaired) electrons. The zero-order valence-corrected chi connectivity index (χ0v) is 12.7. The quantitative estimate of drug-likeness (QED) is 0.779. The Balaban J connectivity index is 2.19. The van der Waals surface area contributed by atoms with Crippen molar-refractivity contribution in [1.29, 1.82) is 0 Å². The summed E-state index contributed by atoms with van der Waals surface area (Å²) in [4.78, 5) is 25.6. The van der Waals surface area contributed by atoms with E-state index in [-0.39, 0.29) is 11.9 Å². The van der Waals surface area contributed by atoms with Crippen LogP contribution < -0.4 is 4.74 Å². The van der Waals surface area contributed by atoms with E-state index in [4.69, 9.17) is 9.47 Å². The first-order valence-electron chi connectivity index (χ1n) is 7.18. The largest absolute Gasteiger partial charge is 0.496 e. The third-order valence-electron chi connectivity index (χ3n) is 3.80. The molecule has 1 aromatic rings. The van der Waals surface area contributed by atoms with E-state index in [1.165, 1.54) is 7.11 Å². The fraction of sp³-hybridized carbons (Fsp3) is 0.500. The fourth-order valence-electron chi connectivity index (χ4n) is 2.55. The Hall–Kier alpha value is -2.04. The molecule has 0 N–H and O–H groups in total. The van der Waals surface area contributed by atoms with Crippen molar-refractivity contribution in [2.45, 2.75) is 32.2 Å². The van der Waals surface area contributed by atoms with Crippen LogP contribution in [0.5, 0.6) is 5.75 Å². The van der Waals surface area contributed by atoms with Gasteiger partial charge in [0.05, 0.1) is 14.2 Å². The molecule has 0 saturated carbocycles. The van der Waals surface area contributed by atoms with E-state index >= 15 is 0 Å². The molecule has 1 saturated heterocycles. The molecule has 1 aliphatic rings. The molecular weight excluding hydrogens is 270 g/mol. The van der Waals surface area contributed by atoms with Crippen LogP contribution in [0.1, 0.15) is 35.7 Å². The van der Waals surface area contributed by atoms with Crippen LogP contribution in [0.4, 0.5) is 0 Å². The van der Waals surface area contributed by atoms with Gasteiger partial charge in [-0.1, -0.05) is 13.3 Å². The van der Waals surface area contributed by atoms with Gasteiger partial charge in [0.25, 0.3) is 5.91 Å². The lowest BCUT2D eigenvalue weighted by atomic mass is 9.99. The molecule has 5 nitrogen and oxygen atoms in total. The van der Waals surface area contributed by atoms with Crippen molar-refractivity contribution >= 4 is 11.9 Å². The molecule has 1 aromatic carbocycles. The summed E-state index contributed by atoms with van der Waals surface area (Å²) in [5, 5.41) is 0. The number of amides is 1. The zero-order chi connectivity index (χ0) is 15.4. The van der Waals surface area contributed by atoms with Crippen LogP contribution >= 0.6 is 0 Å². The Bertz CT molecular complexity index is 541. The number of esters is 1. The van der Waals surface area contributed by atoms with Gasteiger partial charge in [-0.15, -0.1) is 0 Å². The van der Waals surface area contributed by atoms with Gasteiger partial charge in [-0.25, -0.2) is 4.79 Å². The number of hydrogen-bond donors (Lipinski definition) is 0. The lowest BCUT2D eigenvalue weighted by molar-refractivity contribution is -0.149. The van der Waals surface area contributed by atoms with Crippen molar-refractivity contribution in [2.24, 2.45) is 0 Å². The number of aryl methyl sites for hydroxylation is 1. The first kappa shape index (κ1) is 15.4. The highest BCUT2D eigenvalue weighted by Gasteiger charge is 2.38. The molecule has 0 aromatic heterocycles. The summed E-state index contributed by atoms with van der Waals surface area (Å²) in [5.41, 5.74) is 1.61. The van der Waals surface area contributed by atoms with Gasteiger partial charge in [0.1, 0.15) is 11.8 Å². The van der Waals surface area contributed by atoms with Crippen LogP contribution in [0, 0.1) is 0 Å². The second-order valence-corrected chi connectivity index (χ2v) is 5.10. The molecular formula is C16H21NO4. The topological polar surface area (TPSA) is 55.8 Å². The summed E-state index contributed by atoms with van der Waals surface area (Å²) in [7, 11) is 2.97. The predicted molar refractivity (Wildman–Crippen MR) is 78.4 cm³/mol. The molecule has 1 amide bonds. The number of likely N-dealkylation sites (tertiary alicyclic amines) is 1. The first-order chi connectivity index (χ1) is 10.1. The van der Waals surface area contributed by atoms with Gasteiger partial charge in [-0.05, 0) is 36.6 Å². The summed E-state index contributed by atoms with van der Waals surface area (Å²) in [5.74, 6) is 0.315. The Morgan fingerprint density at radius 3 is 2.62 bits per heavy atom. The lowest BCUT2D eigenvalue weighted by Gasteiger charge is -2.38. The zero-order valence-electron chi connectivity index (χ0n) is 12.7. The molecule has 0 aliphatic carbocycles. The molecule has 21 heavy (non-hydrogen) atoms. The summed E-state index contributed by atoms with van der Waals surface area (Å²) < 4.78 is 10.0. The number of ether oxygens (including phenoxy) is 2. The molecule has 0 spiro atoms. The smallest absolute Gasteiger partial charge is 0.328 e. The maximum absolute atomic E-state index is 12.5. The van der Waals surface area contributed by atoms with Crippen LogP contribution in [-0.2, 0) is 16.0 Å². The number of nitrogens with zero attached hydrogens (tertiary/aromatic N) is 1. The van der Waals surface area contributed by atoms with E-state index < -0.39 is 6.04 Å². The monoisotopic (exact) mass is 291 g/mol. The van der Waals surface area contributed by atoms with E-state index in [9.17, 15) is 9.59 Å². The van der Waals surface area contributed by atoms with Crippen molar-refractivity contribution in [1.82, 2.24) is 4.90 Å². The molecule has 0 bridgehead atoms. The standard InChI is InChI=1S/C16H21NO4/c1-4-5-11-10-12(6-7-14(11)20-2)15(18)17-9-8-13(17)16(19)21-3/h6-7,10,13H,4-5,8-9H2,1-3H3/t13-/m1/s1. The molecule has 0 unspecified atom stereocenters. The maximum Gasteiger partial charge on any atom is 0.328 e. The number of rotatable bonds is 5. The second-order valence-electron chi connectivity index (χ2n) is 5.10. The highest BCUT2D eigenvalue weighted by molar-refractivity contribution is 5.98. The summed E-state index contributed by atoms with van der Waals surface area (Å²) in [6, 6.07) is 4.97. The number of benzene rings is 1. The van der Waals surface area contributed by atoms with Crippen molar-refractivity contribution in [3.8, 4) is 5.75 Å². The van der Waals surface area contributed by atoms with Gasteiger partial charge in [0.15, 0.2) is 0 Å². The van der Waals surface area contributed by atoms with Crippen LogP contribution in [0.25, 0.3) is 0 Å². The molecule has 5 heteroatoms. The molecule has 1 aliphatic heterocycles. The number of carbonyl (C=O) groups excluding carboxylic acids is 2. The van der Waals surface area contributed by atoms with Gasteiger partial charge in [-0.3, -0.25) is 4.79 Å². The van der Waals surface area contributed by atoms with Crippen molar-refractivity contribution in [2.75, 3.05) is 20.8 Å². The van der Waals surface area contributed by atoms with Crippen LogP contribution in [0.3, 0.4) is 0 Å². The van der Waals surface area contributed by atoms with E-state index in [0.29, 0.717) is 18.5 Å². The lowest BCUT2D eigenvalue weighted by Crippen LogP contribution is -2.55. The Kier molecular flexibility index (Phi) is 4.83. The molecule has 1 fully saturated rings. The SMILES string of the molecule is CCCc1cc(C(=O)N2CC[C@@H]2C(=O)OC)ccc1OC. The van der Waals surface area contributed by atoms with E-state index in [1.807, 2.05) is 12.1 Å². The van der Waals surface area contributed by atoms with E-state index in [2.05, 4.69) is 6.92 Å². The summed E-state index contributed by atoms with van der Waals surface area (Å²) in [6.45, 7) is 2.67. The van der Waals surface area contributed by atoms with Gasteiger partial charge in [0, 0.05) is 12.1 Å². The Morgan fingerprint density at radius 1 is 1.33 bits per heavy atom. The number of hydrogen-bond acceptors (Lipinski definition) is 4. The predicted octanol–water partition coefficient (Wildman–Crippen LogP) is 2.04. The highest BCUT2D eigenvalue weighted by atomic mass is 16.5. The van der Waals surface area contributed by atoms with Crippen molar-refractivity contribution < 1.29 is 19.1 Å². The first-order valence-corrected chi connectivity index (χ1v) is 7.18. The van der Waals surface area contributed by atoms with E-state index in [1.54, 1.807) is 18.1 Å². The molecule has 2 rings (SSSR count). The highest BCUT2D eigenvalue weighted by Crippen LogP contribution is 2.25. The minimum Gasteiger partial charge on any atom is -0.496 e. The summed E-state index contributed by atoms with van der Waals surface area (Å²) >= 11 is 0. The Labute approximate surface area is 124 Å². The normalized spacial score (nSPS) is 17.1. The summed E-state index contributed by atoms with van der Waals surface area (Å²) in [6.07, 6.45) is 2.49. The minimum absolute atomic E-state index is 0.128. The Morgan fingerprint density at radius 2 is 2.10 bits per heavy atom. The minimum atomic E-state index is -0.445. The van der Waals surface area contributed by atoms with Crippen LogP contribution in [0.2, 0.25) is 0 Å². The van der Waals surface area contributed by atoms with Crippen molar-refractivity contribution in [3.05, 3.63) is 29.3 Å². The molecule has 114 valence electrons. The van der Waals surface area contributed by atoms with Gasteiger partial charge in [-0.2, -0.15) is 0 Å². The van der Waals surface area contributed by atoms with Crippen LogP contribution in [-0.4, -0.2) is 43.6 Å². The average molecular weight is 291 g/mol. The van der Waals surface area contributed by atoms with Gasteiger partial charge >= 0.3 is 5.97 Å². The van der Waals surface area contributed by atoms with Crippen molar-refractivity contribution in [3.63, 3.8) is 0 Å². The van der Waals surface area contributed by atoms with Gasteiger partial charge in [0.2, 0.25) is 0 Å². The third kappa shape index (κ3) is 3.01. The number of carbonyl (C=O) groups is 2. The third-order valence-corrected chi connectivity index (χ3v) is 3.80. The number of methoxy groups -OCH3 is 2. The van der Waals surface area contributed by atoms with E-state index in [0.717, 1.165) is 24.2 Å². The fourth-order valence-corrected chi connectivity index (χ4v) is 2.55. The maximum atomic E-state index is 12.5. The molecule has 1 heterocycles. The van der Waals surface area contributed by atoms with Gasteiger partial charge < -0.3 is 14.4 Å². The molecule has 1 atom stereocenters. The van der Waals surface area contributed by atoms with Crippen LogP contribution in [0.15, 0.2) is 18.2 Å². The second kappa shape index (κ2) is 6.61.